The third-order valence-corrected chi connectivity index (χ3v) is 4.71. The van der Waals surface area contributed by atoms with Crippen molar-refractivity contribution in [2.24, 2.45) is 5.92 Å². The van der Waals surface area contributed by atoms with Crippen molar-refractivity contribution in [1.82, 2.24) is 0 Å². The lowest BCUT2D eigenvalue weighted by Gasteiger charge is -2.34. The van der Waals surface area contributed by atoms with Gasteiger partial charge in [0, 0.05) is 5.56 Å². The van der Waals surface area contributed by atoms with Gasteiger partial charge in [0.25, 0.3) is 0 Å². The van der Waals surface area contributed by atoms with E-state index in [-0.39, 0.29) is 17.8 Å². The lowest BCUT2D eigenvalue weighted by Crippen LogP contribution is -2.34. The number of rotatable bonds is 3. The summed E-state index contributed by atoms with van der Waals surface area (Å²) in [5, 5.41) is 0. The summed E-state index contributed by atoms with van der Waals surface area (Å²) in [6, 6.07) is 29.2. The zero-order valence-corrected chi connectivity index (χ0v) is 15.1. The normalized spacial score (nSPS) is 17.4. The van der Waals surface area contributed by atoms with Gasteiger partial charge in [0.15, 0.2) is 0 Å². The molecule has 4 rings (SSSR count). The Labute approximate surface area is 160 Å². The van der Waals surface area contributed by atoms with Gasteiger partial charge in [0.05, 0.1) is 5.92 Å². The minimum absolute atomic E-state index is 0.0419. The SMILES string of the molecule is C#Cc1ccc(OC(=O)[C@@H]2CCC2c2ccccc2)cc1.c1ccccc1. The molecule has 0 amide bonds. The molecule has 1 aliphatic rings. The highest BCUT2D eigenvalue weighted by Crippen LogP contribution is 2.43. The van der Waals surface area contributed by atoms with Gasteiger partial charge in [-0.1, -0.05) is 72.7 Å². The predicted molar refractivity (Wildman–Crippen MR) is 108 cm³/mol. The van der Waals surface area contributed by atoms with E-state index in [1.807, 2.05) is 54.6 Å². The van der Waals surface area contributed by atoms with Crippen LogP contribution >= 0.6 is 0 Å². The molecule has 3 aromatic rings. The molecule has 0 aromatic heterocycles. The Balaban J connectivity index is 0.000000299. The van der Waals surface area contributed by atoms with Crippen LogP contribution in [-0.2, 0) is 4.79 Å². The van der Waals surface area contributed by atoms with Gasteiger partial charge in [-0.25, -0.2) is 0 Å². The Morgan fingerprint density at radius 1 is 0.815 bits per heavy atom. The Morgan fingerprint density at radius 2 is 1.37 bits per heavy atom. The third-order valence-electron chi connectivity index (χ3n) is 4.71. The fourth-order valence-corrected chi connectivity index (χ4v) is 3.08. The molecule has 3 aromatic carbocycles. The minimum atomic E-state index is -0.149. The van der Waals surface area contributed by atoms with E-state index in [1.165, 1.54) is 5.56 Å². The molecule has 0 aliphatic heterocycles. The number of hydrogen-bond acceptors (Lipinski definition) is 2. The molecule has 134 valence electrons. The highest BCUT2D eigenvalue weighted by molar-refractivity contribution is 5.77. The van der Waals surface area contributed by atoms with E-state index >= 15 is 0 Å². The van der Waals surface area contributed by atoms with Crippen LogP contribution in [0.1, 0.15) is 29.9 Å². The first-order chi connectivity index (χ1) is 13.3. The van der Waals surface area contributed by atoms with Crippen LogP contribution in [0, 0.1) is 18.3 Å². The summed E-state index contributed by atoms with van der Waals surface area (Å²) in [6.45, 7) is 0. The van der Waals surface area contributed by atoms with Crippen molar-refractivity contribution in [3.05, 3.63) is 102 Å². The van der Waals surface area contributed by atoms with E-state index in [0.717, 1.165) is 18.4 Å². The fraction of sp³-hybridized carbons (Fsp3) is 0.160. The summed E-state index contributed by atoms with van der Waals surface area (Å²) in [7, 11) is 0. The second-order valence-electron chi connectivity index (χ2n) is 6.45. The van der Waals surface area contributed by atoms with Gasteiger partial charge in [-0.15, -0.1) is 6.42 Å². The molecule has 1 fully saturated rings. The molecular formula is C25H22O2. The Kier molecular flexibility index (Phi) is 6.44. The van der Waals surface area contributed by atoms with Gasteiger partial charge < -0.3 is 4.74 Å². The van der Waals surface area contributed by atoms with Gasteiger partial charge in [-0.2, -0.15) is 0 Å². The second kappa shape index (κ2) is 9.40. The molecule has 0 spiro atoms. The quantitative estimate of drug-likeness (QED) is 0.355. The van der Waals surface area contributed by atoms with Crippen molar-refractivity contribution in [3.63, 3.8) is 0 Å². The zero-order chi connectivity index (χ0) is 18.9. The van der Waals surface area contributed by atoms with Crippen LogP contribution in [0.4, 0.5) is 0 Å². The zero-order valence-electron chi connectivity index (χ0n) is 15.1. The number of ether oxygens (including phenoxy) is 1. The summed E-state index contributed by atoms with van der Waals surface area (Å²) in [4.78, 5) is 12.3. The number of benzene rings is 3. The third kappa shape index (κ3) is 5.09. The van der Waals surface area contributed by atoms with Crippen LogP contribution in [0.5, 0.6) is 5.75 Å². The van der Waals surface area contributed by atoms with Gasteiger partial charge in [0.2, 0.25) is 0 Å². The standard InChI is InChI=1S/C19H16O2.C6H6/c1-2-14-8-10-16(11-9-14)21-19(20)18-13-12-17(18)15-6-4-3-5-7-15;1-2-4-6-5-3-1/h1,3-11,17-18H,12-13H2;1-6H/t17?,18-;/m1./s1. The summed E-state index contributed by atoms with van der Waals surface area (Å²) >= 11 is 0. The average Bonchev–Trinajstić information content (AvgIpc) is 2.70. The maximum absolute atomic E-state index is 12.3. The molecule has 2 atom stereocenters. The monoisotopic (exact) mass is 354 g/mol. The number of terminal acetylenes is 1. The lowest BCUT2D eigenvalue weighted by molar-refractivity contribution is -0.142. The van der Waals surface area contributed by atoms with Crippen molar-refractivity contribution in [1.29, 1.82) is 0 Å². The summed E-state index contributed by atoms with van der Waals surface area (Å²) in [6.07, 6.45) is 7.24. The fourth-order valence-electron chi connectivity index (χ4n) is 3.08. The van der Waals surface area contributed by atoms with Crippen LogP contribution in [0.15, 0.2) is 91.0 Å². The second-order valence-corrected chi connectivity index (χ2v) is 6.45. The van der Waals surface area contributed by atoms with E-state index in [9.17, 15) is 4.79 Å². The van der Waals surface area contributed by atoms with Crippen molar-refractivity contribution in [2.75, 3.05) is 0 Å². The lowest BCUT2D eigenvalue weighted by atomic mass is 9.70. The molecular weight excluding hydrogens is 332 g/mol. The maximum atomic E-state index is 12.3. The number of carbonyl (C=O) groups excluding carboxylic acids is 1. The molecule has 2 heteroatoms. The first kappa shape index (κ1) is 18.5. The molecule has 1 saturated carbocycles. The van der Waals surface area contributed by atoms with E-state index in [0.29, 0.717) is 5.75 Å². The van der Waals surface area contributed by atoms with E-state index in [4.69, 9.17) is 11.2 Å². The highest BCUT2D eigenvalue weighted by atomic mass is 16.5. The van der Waals surface area contributed by atoms with Gasteiger partial charge in [-0.05, 0) is 48.6 Å². The van der Waals surface area contributed by atoms with Crippen molar-refractivity contribution in [3.8, 4) is 18.1 Å². The Hall–Kier alpha value is -3.31. The van der Waals surface area contributed by atoms with Crippen LogP contribution < -0.4 is 4.74 Å². The van der Waals surface area contributed by atoms with Gasteiger partial charge in [0.1, 0.15) is 5.75 Å². The van der Waals surface area contributed by atoms with Crippen LogP contribution in [0.25, 0.3) is 0 Å². The summed E-state index contributed by atoms with van der Waals surface area (Å²) in [5.74, 6) is 3.18. The smallest absolute Gasteiger partial charge is 0.314 e. The molecule has 0 bridgehead atoms. The average molecular weight is 354 g/mol. The molecule has 27 heavy (non-hydrogen) atoms. The maximum Gasteiger partial charge on any atom is 0.314 e. The molecule has 1 unspecified atom stereocenters. The van der Waals surface area contributed by atoms with Crippen molar-refractivity contribution in [2.45, 2.75) is 18.8 Å². The van der Waals surface area contributed by atoms with Crippen molar-refractivity contribution >= 4 is 5.97 Å². The number of hydrogen-bond donors (Lipinski definition) is 0. The summed E-state index contributed by atoms with van der Waals surface area (Å²) in [5.41, 5.74) is 1.99. The van der Waals surface area contributed by atoms with Gasteiger partial charge >= 0.3 is 5.97 Å². The first-order valence-electron chi connectivity index (χ1n) is 9.11. The molecule has 1 aliphatic carbocycles. The van der Waals surface area contributed by atoms with Gasteiger partial charge in [-0.3, -0.25) is 4.79 Å². The molecule has 0 radical (unpaired) electrons. The first-order valence-corrected chi connectivity index (χ1v) is 9.11. The van der Waals surface area contributed by atoms with Crippen LogP contribution in [0.2, 0.25) is 0 Å². The van der Waals surface area contributed by atoms with E-state index in [2.05, 4.69) is 18.1 Å². The molecule has 0 saturated heterocycles. The van der Waals surface area contributed by atoms with Crippen LogP contribution in [0.3, 0.4) is 0 Å². The Bertz CT molecular complexity index is 850. The topological polar surface area (TPSA) is 26.3 Å². The molecule has 0 heterocycles. The number of esters is 1. The van der Waals surface area contributed by atoms with Crippen LogP contribution in [-0.4, -0.2) is 5.97 Å². The molecule has 2 nitrogen and oxygen atoms in total. The van der Waals surface area contributed by atoms with E-state index < -0.39 is 0 Å². The highest BCUT2D eigenvalue weighted by Gasteiger charge is 2.38. The summed E-state index contributed by atoms with van der Waals surface area (Å²) < 4.78 is 5.46. The molecule has 0 N–H and O–H groups in total. The number of carbonyl (C=O) groups is 1. The minimum Gasteiger partial charge on any atom is -0.426 e. The largest absolute Gasteiger partial charge is 0.426 e. The van der Waals surface area contributed by atoms with E-state index in [1.54, 1.807) is 24.3 Å². The van der Waals surface area contributed by atoms with Crippen molar-refractivity contribution < 1.29 is 9.53 Å². The Morgan fingerprint density at radius 3 is 1.85 bits per heavy atom. The predicted octanol–water partition coefficient (Wildman–Crippen LogP) is 5.45.